The van der Waals surface area contributed by atoms with Gasteiger partial charge in [-0.3, -0.25) is 19.2 Å². The molecule has 3 aliphatic rings. The average Bonchev–Trinajstić information content (AvgIpc) is 2.82. The lowest BCUT2D eigenvalue weighted by atomic mass is 9.79. The monoisotopic (exact) mass is 452 g/mol. The average molecular weight is 453 g/mol. The zero-order valence-electron chi connectivity index (χ0n) is 18.9. The van der Waals surface area contributed by atoms with Crippen LogP contribution in [0.15, 0.2) is 0 Å². The number of carbonyl (C=O) groups excluding carboxylic acids is 4. The first-order chi connectivity index (χ1) is 15.6. The molecular weight excluding hydrogens is 416 g/mol. The molecule has 0 radical (unpaired) electrons. The fraction of sp³-hybridized carbons (Fsp3) is 0.833. The Labute approximate surface area is 189 Å². The summed E-state index contributed by atoms with van der Waals surface area (Å²) in [4.78, 5) is 50.2. The Bertz CT molecular complexity index is 548. The van der Waals surface area contributed by atoms with Crippen LogP contribution in [0.4, 0.5) is 0 Å². The predicted molar refractivity (Wildman–Crippen MR) is 113 cm³/mol. The second-order valence-electron chi connectivity index (χ2n) is 9.08. The van der Waals surface area contributed by atoms with Crippen LogP contribution in [0.25, 0.3) is 0 Å². The third kappa shape index (κ3) is 6.94. The molecule has 0 bridgehead atoms. The molecule has 1 saturated heterocycles. The molecule has 2 saturated carbocycles. The van der Waals surface area contributed by atoms with Crippen LogP contribution in [-0.4, -0.2) is 50.3 Å². The summed E-state index contributed by atoms with van der Waals surface area (Å²) in [7, 11) is 0. The number of hydrogen-bond donors (Lipinski definition) is 0. The third-order valence-electron chi connectivity index (χ3n) is 6.80. The fourth-order valence-electron chi connectivity index (χ4n) is 4.92. The molecule has 32 heavy (non-hydrogen) atoms. The Morgan fingerprint density at radius 1 is 0.375 bits per heavy atom. The van der Waals surface area contributed by atoms with Crippen molar-refractivity contribution in [2.24, 2.45) is 23.7 Å². The Hall–Kier alpha value is -2.12. The van der Waals surface area contributed by atoms with Gasteiger partial charge in [-0.05, 0) is 51.4 Å². The number of esters is 4. The highest BCUT2D eigenvalue weighted by atomic mass is 16.5. The molecule has 8 heteroatoms. The van der Waals surface area contributed by atoms with E-state index in [1.54, 1.807) is 0 Å². The lowest BCUT2D eigenvalue weighted by Crippen LogP contribution is -2.36. The standard InChI is InChI=1S/C24H36O8/c25-21-17-9-1-2-10-18(17)22(26)30-14-7-8-16-32-24(28)20-12-4-3-11-19(20)23(27)31-15-6-5-13-29-21/h17-20H,1-16H2/t17-,18+,19+,20-. The Morgan fingerprint density at radius 2 is 0.594 bits per heavy atom. The van der Waals surface area contributed by atoms with Gasteiger partial charge in [0.25, 0.3) is 0 Å². The molecule has 3 fully saturated rings. The predicted octanol–water partition coefficient (Wildman–Crippen LogP) is 3.35. The van der Waals surface area contributed by atoms with Crippen molar-refractivity contribution in [3.63, 3.8) is 0 Å². The van der Waals surface area contributed by atoms with Crippen LogP contribution in [-0.2, 0) is 38.1 Å². The summed E-state index contributed by atoms with van der Waals surface area (Å²) >= 11 is 0. The summed E-state index contributed by atoms with van der Waals surface area (Å²) in [5.74, 6) is -3.17. The van der Waals surface area contributed by atoms with Gasteiger partial charge in [0.05, 0.1) is 50.1 Å². The molecule has 4 atom stereocenters. The van der Waals surface area contributed by atoms with E-state index in [2.05, 4.69) is 0 Å². The van der Waals surface area contributed by atoms with E-state index in [9.17, 15) is 19.2 Å². The highest BCUT2D eigenvalue weighted by Gasteiger charge is 2.39. The van der Waals surface area contributed by atoms with Crippen molar-refractivity contribution >= 4 is 23.9 Å². The maximum atomic E-state index is 12.5. The van der Waals surface area contributed by atoms with E-state index in [1.807, 2.05) is 0 Å². The second kappa shape index (κ2) is 12.8. The van der Waals surface area contributed by atoms with Gasteiger partial charge in [-0.2, -0.15) is 0 Å². The van der Waals surface area contributed by atoms with Crippen molar-refractivity contribution in [3.8, 4) is 0 Å². The number of ether oxygens (including phenoxy) is 4. The second-order valence-corrected chi connectivity index (χ2v) is 9.08. The normalized spacial score (nSPS) is 32.2. The van der Waals surface area contributed by atoms with Crippen LogP contribution < -0.4 is 0 Å². The molecule has 0 spiro atoms. The van der Waals surface area contributed by atoms with Gasteiger partial charge in [0.2, 0.25) is 0 Å². The zero-order chi connectivity index (χ0) is 22.8. The first-order valence-electron chi connectivity index (χ1n) is 12.2. The topological polar surface area (TPSA) is 105 Å². The van der Waals surface area contributed by atoms with E-state index in [0.29, 0.717) is 51.4 Å². The van der Waals surface area contributed by atoms with E-state index in [-0.39, 0.29) is 50.3 Å². The SMILES string of the molecule is O=C1OCCCCOC(=O)[C@@H]2CCCC[C@@H]2C(=O)OCCCCOC(=O)[C@@H]2CCCC[C@H]12. The lowest BCUT2D eigenvalue weighted by Gasteiger charge is -2.29. The number of rotatable bonds is 0. The summed E-state index contributed by atoms with van der Waals surface area (Å²) in [5, 5.41) is 0. The minimum atomic E-state index is -0.455. The van der Waals surface area contributed by atoms with Crippen molar-refractivity contribution in [1.82, 2.24) is 0 Å². The molecule has 0 aromatic rings. The quantitative estimate of drug-likeness (QED) is 0.407. The van der Waals surface area contributed by atoms with Crippen LogP contribution >= 0.6 is 0 Å². The Morgan fingerprint density at radius 3 is 0.812 bits per heavy atom. The molecule has 0 amide bonds. The first kappa shape index (κ1) is 24.5. The zero-order valence-corrected chi connectivity index (χ0v) is 18.9. The lowest BCUT2D eigenvalue weighted by molar-refractivity contribution is -0.164. The van der Waals surface area contributed by atoms with Crippen LogP contribution in [0, 0.1) is 23.7 Å². The maximum Gasteiger partial charge on any atom is 0.309 e. The summed E-state index contributed by atoms with van der Waals surface area (Å²) < 4.78 is 21.7. The molecular formula is C24H36O8. The summed E-state index contributed by atoms with van der Waals surface area (Å²) in [6.07, 6.45) is 8.38. The minimum Gasteiger partial charge on any atom is -0.465 e. The van der Waals surface area contributed by atoms with Crippen molar-refractivity contribution in [2.45, 2.75) is 77.0 Å². The fourth-order valence-corrected chi connectivity index (χ4v) is 4.92. The molecule has 0 aromatic heterocycles. The Balaban J connectivity index is 1.58. The number of fused-ring (bicyclic) bond motifs is 2. The molecule has 1 heterocycles. The van der Waals surface area contributed by atoms with Crippen LogP contribution in [0.1, 0.15) is 77.0 Å². The molecule has 8 nitrogen and oxygen atoms in total. The molecule has 0 unspecified atom stereocenters. The van der Waals surface area contributed by atoms with E-state index < -0.39 is 23.7 Å². The molecule has 180 valence electrons. The number of hydrogen-bond acceptors (Lipinski definition) is 8. The van der Waals surface area contributed by atoms with Crippen molar-refractivity contribution < 1.29 is 38.1 Å². The van der Waals surface area contributed by atoms with Gasteiger partial charge in [-0.25, -0.2) is 0 Å². The number of cyclic esters (lactones) is 4. The van der Waals surface area contributed by atoms with Crippen LogP contribution in [0.2, 0.25) is 0 Å². The highest BCUT2D eigenvalue weighted by molar-refractivity contribution is 5.83. The minimum absolute atomic E-state index is 0.229. The molecule has 1 aliphatic heterocycles. The van der Waals surface area contributed by atoms with Crippen LogP contribution in [0.3, 0.4) is 0 Å². The third-order valence-corrected chi connectivity index (χ3v) is 6.80. The van der Waals surface area contributed by atoms with Crippen molar-refractivity contribution in [3.05, 3.63) is 0 Å². The van der Waals surface area contributed by atoms with Gasteiger partial charge in [0.15, 0.2) is 0 Å². The molecule has 0 N–H and O–H groups in total. The summed E-state index contributed by atoms with van der Waals surface area (Å²) in [6.45, 7) is 0.917. The summed E-state index contributed by atoms with van der Waals surface area (Å²) in [5.41, 5.74) is 0. The van der Waals surface area contributed by atoms with E-state index in [0.717, 1.165) is 25.7 Å². The van der Waals surface area contributed by atoms with Gasteiger partial charge in [0.1, 0.15) is 0 Å². The van der Waals surface area contributed by atoms with Crippen molar-refractivity contribution in [1.29, 1.82) is 0 Å². The van der Waals surface area contributed by atoms with Crippen LogP contribution in [0.5, 0.6) is 0 Å². The highest BCUT2D eigenvalue weighted by Crippen LogP contribution is 2.33. The maximum absolute atomic E-state index is 12.5. The van der Waals surface area contributed by atoms with Gasteiger partial charge < -0.3 is 18.9 Å². The largest absolute Gasteiger partial charge is 0.465 e. The van der Waals surface area contributed by atoms with E-state index in [4.69, 9.17) is 18.9 Å². The van der Waals surface area contributed by atoms with Gasteiger partial charge in [0, 0.05) is 0 Å². The Kier molecular flexibility index (Phi) is 9.81. The smallest absolute Gasteiger partial charge is 0.309 e. The molecule has 3 rings (SSSR count). The van der Waals surface area contributed by atoms with Gasteiger partial charge >= 0.3 is 23.9 Å². The van der Waals surface area contributed by atoms with E-state index >= 15 is 0 Å². The van der Waals surface area contributed by atoms with Gasteiger partial charge in [-0.15, -0.1) is 0 Å². The molecule has 2 aliphatic carbocycles. The van der Waals surface area contributed by atoms with Gasteiger partial charge in [-0.1, -0.05) is 25.7 Å². The summed E-state index contributed by atoms with van der Waals surface area (Å²) in [6, 6.07) is 0. The number of carbonyl (C=O) groups is 4. The van der Waals surface area contributed by atoms with Crippen molar-refractivity contribution in [2.75, 3.05) is 26.4 Å². The van der Waals surface area contributed by atoms with E-state index in [1.165, 1.54) is 0 Å². The molecule has 0 aromatic carbocycles. The first-order valence-corrected chi connectivity index (χ1v) is 12.2.